The molecule has 100 valence electrons. The molecule has 0 bridgehead atoms. The second kappa shape index (κ2) is 4.72. The van der Waals surface area contributed by atoms with Crippen LogP contribution < -0.4 is 10.6 Å². The summed E-state index contributed by atoms with van der Waals surface area (Å²) in [6.07, 6.45) is -0.734. The van der Waals surface area contributed by atoms with Crippen molar-refractivity contribution in [3.8, 4) is 0 Å². The fraction of sp³-hybridized carbons (Fsp3) is 0.636. The molecule has 1 aliphatic carbocycles. The molecular weight excluding hydrogens is 245 g/mol. The highest BCUT2D eigenvalue weighted by Crippen LogP contribution is 2.43. The van der Waals surface area contributed by atoms with Crippen molar-refractivity contribution in [3.05, 3.63) is 18.1 Å². The monoisotopic (exact) mass is 260 g/mol. The molecule has 0 radical (unpaired) electrons. The number of alkyl halides is 3. The van der Waals surface area contributed by atoms with Gasteiger partial charge in [-0.05, 0) is 12.8 Å². The molecule has 7 heteroatoms. The van der Waals surface area contributed by atoms with Gasteiger partial charge in [0.2, 0.25) is 0 Å². The van der Waals surface area contributed by atoms with Gasteiger partial charge in [0.05, 0.1) is 24.0 Å². The standard InChI is InChI=1S/C11H15F3N4/c1-18(9-2-7(3-9)11(12,13)14)10-6-16-8(4-15)5-17-10/h5-7,9H,2-4,15H2,1H3. The van der Waals surface area contributed by atoms with Crippen LogP contribution in [0.1, 0.15) is 18.5 Å². The number of nitrogens with two attached hydrogens (primary N) is 1. The second-order valence-corrected chi connectivity index (χ2v) is 4.54. The Balaban J connectivity index is 1.95. The molecule has 2 rings (SSSR count). The molecule has 1 aliphatic rings. The van der Waals surface area contributed by atoms with Gasteiger partial charge < -0.3 is 10.6 Å². The zero-order chi connectivity index (χ0) is 13.3. The summed E-state index contributed by atoms with van der Waals surface area (Å²) in [4.78, 5) is 9.96. The minimum absolute atomic E-state index is 0.116. The van der Waals surface area contributed by atoms with Crippen LogP contribution in [0.4, 0.5) is 19.0 Å². The quantitative estimate of drug-likeness (QED) is 0.899. The molecule has 18 heavy (non-hydrogen) atoms. The van der Waals surface area contributed by atoms with Crippen LogP contribution in [-0.2, 0) is 6.54 Å². The third-order valence-electron chi connectivity index (χ3n) is 3.39. The smallest absolute Gasteiger partial charge is 0.355 e. The van der Waals surface area contributed by atoms with Crippen LogP contribution in [0.15, 0.2) is 12.4 Å². The first-order chi connectivity index (χ1) is 8.41. The van der Waals surface area contributed by atoms with E-state index in [0.717, 1.165) is 0 Å². The van der Waals surface area contributed by atoms with Crippen LogP contribution in [0.5, 0.6) is 0 Å². The topological polar surface area (TPSA) is 55.0 Å². The Morgan fingerprint density at radius 2 is 2.00 bits per heavy atom. The van der Waals surface area contributed by atoms with Crippen LogP contribution >= 0.6 is 0 Å². The van der Waals surface area contributed by atoms with Crippen molar-refractivity contribution in [2.24, 2.45) is 11.7 Å². The summed E-state index contributed by atoms with van der Waals surface area (Å²) in [7, 11) is 1.74. The predicted molar refractivity (Wildman–Crippen MR) is 60.9 cm³/mol. The second-order valence-electron chi connectivity index (χ2n) is 4.54. The molecule has 1 fully saturated rings. The Morgan fingerprint density at radius 1 is 1.33 bits per heavy atom. The summed E-state index contributed by atoms with van der Waals surface area (Å²) >= 11 is 0. The van der Waals surface area contributed by atoms with Crippen molar-refractivity contribution in [1.82, 2.24) is 9.97 Å². The molecule has 1 aromatic heterocycles. The van der Waals surface area contributed by atoms with Crippen molar-refractivity contribution < 1.29 is 13.2 Å². The predicted octanol–water partition coefficient (Wildman–Crippen LogP) is 1.71. The minimum atomic E-state index is -4.08. The van der Waals surface area contributed by atoms with Crippen LogP contribution in [-0.4, -0.2) is 29.2 Å². The molecule has 4 nitrogen and oxygen atoms in total. The molecule has 0 saturated heterocycles. The highest BCUT2D eigenvalue weighted by atomic mass is 19.4. The fourth-order valence-corrected chi connectivity index (χ4v) is 1.99. The summed E-state index contributed by atoms with van der Waals surface area (Å²) in [5, 5.41) is 0. The SMILES string of the molecule is CN(c1cnc(CN)cn1)C1CC(C(F)(F)F)C1. The van der Waals surface area contributed by atoms with E-state index in [9.17, 15) is 13.2 Å². The van der Waals surface area contributed by atoms with Gasteiger partial charge in [0.1, 0.15) is 5.82 Å². The van der Waals surface area contributed by atoms with E-state index in [1.165, 1.54) is 0 Å². The highest BCUT2D eigenvalue weighted by Gasteiger charge is 2.49. The molecule has 0 atom stereocenters. The summed E-state index contributed by atoms with van der Waals surface area (Å²) in [6.45, 7) is 0.302. The Morgan fingerprint density at radius 3 is 2.44 bits per heavy atom. The van der Waals surface area contributed by atoms with Gasteiger partial charge in [-0.3, -0.25) is 4.98 Å². The molecule has 1 aromatic rings. The molecule has 0 spiro atoms. The average molecular weight is 260 g/mol. The maximum Gasteiger partial charge on any atom is 0.391 e. The highest BCUT2D eigenvalue weighted by molar-refractivity contribution is 5.37. The molecule has 0 unspecified atom stereocenters. The summed E-state index contributed by atoms with van der Waals surface area (Å²) in [6, 6.07) is -0.116. The lowest BCUT2D eigenvalue weighted by Gasteiger charge is -2.42. The van der Waals surface area contributed by atoms with Crippen LogP contribution in [0.25, 0.3) is 0 Å². The van der Waals surface area contributed by atoms with Crippen LogP contribution in [0.3, 0.4) is 0 Å². The van der Waals surface area contributed by atoms with Crippen molar-refractivity contribution in [2.75, 3.05) is 11.9 Å². The molecule has 1 saturated carbocycles. The van der Waals surface area contributed by atoms with Gasteiger partial charge in [0.15, 0.2) is 0 Å². The van der Waals surface area contributed by atoms with E-state index < -0.39 is 12.1 Å². The maximum absolute atomic E-state index is 12.4. The van der Waals surface area contributed by atoms with Gasteiger partial charge in [0, 0.05) is 19.6 Å². The lowest BCUT2D eigenvalue weighted by molar-refractivity contribution is -0.196. The first-order valence-corrected chi connectivity index (χ1v) is 5.72. The van der Waals surface area contributed by atoms with Gasteiger partial charge in [-0.15, -0.1) is 0 Å². The van der Waals surface area contributed by atoms with E-state index in [-0.39, 0.29) is 18.9 Å². The summed E-state index contributed by atoms with van der Waals surface area (Å²) in [5.41, 5.74) is 6.06. The Hall–Kier alpha value is -1.37. The van der Waals surface area contributed by atoms with Crippen LogP contribution in [0.2, 0.25) is 0 Å². The fourth-order valence-electron chi connectivity index (χ4n) is 1.99. The summed E-state index contributed by atoms with van der Waals surface area (Å²) in [5.74, 6) is -0.598. The van der Waals surface area contributed by atoms with Gasteiger partial charge >= 0.3 is 6.18 Å². The van der Waals surface area contributed by atoms with Crippen LogP contribution in [0, 0.1) is 5.92 Å². The van der Waals surface area contributed by atoms with E-state index >= 15 is 0 Å². The Kier molecular flexibility index (Phi) is 3.43. The molecule has 2 N–H and O–H groups in total. The molecule has 0 aliphatic heterocycles. The van der Waals surface area contributed by atoms with Gasteiger partial charge in [0.25, 0.3) is 0 Å². The number of anilines is 1. The molecular formula is C11H15F3N4. The van der Waals surface area contributed by atoms with Gasteiger partial charge in [-0.2, -0.15) is 13.2 Å². The van der Waals surface area contributed by atoms with E-state index in [1.807, 2.05) is 0 Å². The largest absolute Gasteiger partial charge is 0.391 e. The van der Waals surface area contributed by atoms with E-state index in [1.54, 1.807) is 24.3 Å². The van der Waals surface area contributed by atoms with Crippen molar-refractivity contribution in [2.45, 2.75) is 31.6 Å². The molecule has 0 amide bonds. The number of rotatable bonds is 3. The summed E-state index contributed by atoms with van der Waals surface area (Å²) < 4.78 is 37.1. The van der Waals surface area contributed by atoms with Crippen molar-refractivity contribution in [1.29, 1.82) is 0 Å². The van der Waals surface area contributed by atoms with Crippen molar-refractivity contribution in [3.63, 3.8) is 0 Å². The lowest BCUT2D eigenvalue weighted by Crippen LogP contribution is -2.48. The number of halogens is 3. The normalized spacial score (nSPS) is 23.6. The van der Waals surface area contributed by atoms with E-state index in [2.05, 4.69) is 9.97 Å². The first-order valence-electron chi connectivity index (χ1n) is 5.72. The van der Waals surface area contributed by atoms with E-state index in [4.69, 9.17) is 5.73 Å². The van der Waals surface area contributed by atoms with E-state index in [0.29, 0.717) is 18.1 Å². The molecule has 0 aromatic carbocycles. The minimum Gasteiger partial charge on any atom is -0.355 e. The zero-order valence-corrected chi connectivity index (χ0v) is 9.98. The maximum atomic E-state index is 12.4. The van der Waals surface area contributed by atoms with Gasteiger partial charge in [-0.1, -0.05) is 0 Å². The number of hydrogen-bond acceptors (Lipinski definition) is 4. The first kappa shape index (κ1) is 13.1. The third-order valence-corrected chi connectivity index (χ3v) is 3.39. The lowest BCUT2D eigenvalue weighted by atomic mass is 9.79. The van der Waals surface area contributed by atoms with Crippen molar-refractivity contribution >= 4 is 5.82 Å². The Bertz CT molecular complexity index is 398. The van der Waals surface area contributed by atoms with Gasteiger partial charge in [-0.25, -0.2) is 4.98 Å². The number of hydrogen-bond donors (Lipinski definition) is 1. The zero-order valence-electron chi connectivity index (χ0n) is 9.98. The average Bonchev–Trinajstić information content (AvgIpc) is 2.25. The third kappa shape index (κ3) is 2.55. The molecule has 1 heterocycles. The Labute approximate surface area is 103 Å². The number of nitrogens with zero attached hydrogens (tertiary/aromatic N) is 3. The number of aromatic nitrogens is 2.